The third kappa shape index (κ3) is 10.4. The van der Waals surface area contributed by atoms with Crippen molar-refractivity contribution in [2.45, 2.75) is 57.7 Å². The van der Waals surface area contributed by atoms with Gasteiger partial charge in [-0.3, -0.25) is 24.0 Å². The van der Waals surface area contributed by atoms with Crippen LogP contribution >= 0.6 is 0 Å². The molecule has 13 nitrogen and oxygen atoms in total. The Morgan fingerprint density at radius 3 is 2.07 bits per heavy atom. The maximum Gasteiger partial charge on any atom is 0.326 e. The number of nitrogens with one attached hydrogen (secondary N) is 3. The zero-order chi connectivity index (χ0) is 23.4. The normalized spacial score (nSPS) is 14.5. The van der Waals surface area contributed by atoms with E-state index in [9.17, 15) is 28.8 Å². The fourth-order valence-corrected chi connectivity index (χ4v) is 2.32. The van der Waals surface area contributed by atoms with E-state index in [1.54, 1.807) is 13.8 Å². The summed E-state index contributed by atoms with van der Waals surface area (Å²) >= 11 is 0. The number of carboxylic acids is 2. The van der Waals surface area contributed by atoms with Crippen LogP contribution in [0.1, 0.15) is 39.5 Å². The second-order valence-electron chi connectivity index (χ2n) is 6.76. The maximum absolute atomic E-state index is 12.4. The van der Waals surface area contributed by atoms with Gasteiger partial charge in [0.15, 0.2) is 0 Å². The van der Waals surface area contributed by atoms with Gasteiger partial charge >= 0.3 is 11.9 Å². The van der Waals surface area contributed by atoms with E-state index in [0.29, 0.717) is 6.42 Å². The molecular weight excluding hydrogens is 402 g/mol. The average Bonchev–Trinajstić information content (AvgIpc) is 2.65. The maximum atomic E-state index is 12.4. The summed E-state index contributed by atoms with van der Waals surface area (Å²) in [6.07, 6.45) is -0.702. The Hall–Kier alpha value is -3.22. The molecule has 0 aromatic carbocycles. The van der Waals surface area contributed by atoms with Gasteiger partial charge in [-0.1, -0.05) is 20.3 Å². The largest absolute Gasteiger partial charge is 0.481 e. The van der Waals surface area contributed by atoms with Crippen molar-refractivity contribution in [3.8, 4) is 0 Å². The lowest BCUT2D eigenvalue weighted by molar-refractivity contribution is -0.143. The fourth-order valence-electron chi connectivity index (χ4n) is 2.32. The molecule has 0 fully saturated rings. The number of carbonyl (C=O) groups is 6. The van der Waals surface area contributed by atoms with Crippen LogP contribution < -0.4 is 27.4 Å². The molecule has 0 heterocycles. The lowest BCUT2D eigenvalue weighted by Gasteiger charge is -2.25. The molecule has 0 rings (SSSR count). The number of hydrogen-bond donors (Lipinski definition) is 7. The summed E-state index contributed by atoms with van der Waals surface area (Å²) in [5.74, 6) is -6.08. The quantitative estimate of drug-likeness (QED) is 0.151. The van der Waals surface area contributed by atoms with Crippen LogP contribution in [0, 0.1) is 5.92 Å². The van der Waals surface area contributed by atoms with Crippen LogP contribution in [0.5, 0.6) is 0 Å². The molecule has 4 atom stereocenters. The molecule has 4 unspecified atom stereocenters. The number of carbonyl (C=O) groups excluding carboxylic acids is 4. The number of primary amides is 1. The minimum Gasteiger partial charge on any atom is -0.481 e. The molecule has 0 spiro atoms. The van der Waals surface area contributed by atoms with Crippen LogP contribution in [0.4, 0.5) is 0 Å². The first-order valence-electron chi connectivity index (χ1n) is 9.24. The summed E-state index contributed by atoms with van der Waals surface area (Å²) in [5, 5.41) is 24.5. The van der Waals surface area contributed by atoms with Crippen LogP contribution in [-0.2, 0) is 28.8 Å². The monoisotopic (exact) mass is 431 g/mol. The fraction of sp³-hybridized carbons (Fsp3) is 0.647. The molecule has 30 heavy (non-hydrogen) atoms. The van der Waals surface area contributed by atoms with Gasteiger partial charge in [-0.15, -0.1) is 0 Å². The summed E-state index contributed by atoms with van der Waals surface area (Å²) in [5.41, 5.74) is 10.5. The van der Waals surface area contributed by atoms with Crippen molar-refractivity contribution in [1.82, 2.24) is 16.0 Å². The Labute approximate surface area is 172 Å². The molecule has 9 N–H and O–H groups in total. The highest BCUT2D eigenvalue weighted by Gasteiger charge is 2.29. The highest BCUT2D eigenvalue weighted by atomic mass is 16.4. The van der Waals surface area contributed by atoms with E-state index in [1.807, 2.05) is 0 Å². The average molecular weight is 431 g/mol. The minimum absolute atomic E-state index is 0.326. The Kier molecular flexibility index (Phi) is 11.7. The lowest BCUT2D eigenvalue weighted by Crippen LogP contribution is -2.56. The van der Waals surface area contributed by atoms with Gasteiger partial charge in [-0.05, 0) is 12.3 Å². The molecule has 0 aliphatic carbocycles. The van der Waals surface area contributed by atoms with Gasteiger partial charge in [-0.25, -0.2) is 4.79 Å². The number of amides is 4. The number of nitrogens with two attached hydrogens (primary N) is 2. The van der Waals surface area contributed by atoms with Gasteiger partial charge in [0.2, 0.25) is 23.6 Å². The molecule has 170 valence electrons. The molecule has 0 saturated heterocycles. The Bertz CT molecular complexity index is 669. The second kappa shape index (κ2) is 13.1. The summed E-state index contributed by atoms with van der Waals surface area (Å²) < 4.78 is 0. The number of hydrogen-bond acceptors (Lipinski definition) is 7. The van der Waals surface area contributed by atoms with Gasteiger partial charge < -0.3 is 37.6 Å². The van der Waals surface area contributed by atoms with Crippen molar-refractivity contribution >= 4 is 35.6 Å². The zero-order valence-electron chi connectivity index (χ0n) is 16.8. The topological polar surface area (TPSA) is 231 Å². The molecule has 0 saturated carbocycles. The zero-order valence-corrected chi connectivity index (χ0v) is 16.8. The summed E-state index contributed by atoms with van der Waals surface area (Å²) in [6, 6.07) is -3.73. The van der Waals surface area contributed by atoms with Crippen LogP contribution in [0.3, 0.4) is 0 Å². The van der Waals surface area contributed by atoms with Crippen LogP contribution in [-0.4, -0.2) is 70.5 Å². The molecule has 0 bridgehead atoms. The van der Waals surface area contributed by atoms with Gasteiger partial charge in [0.1, 0.15) is 12.1 Å². The molecular formula is C17H29N5O8. The van der Waals surface area contributed by atoms with E-state index in [4.69, 9.17) is 21.7 Å². The first-order valence-corrected chi connectivity index (χ1v) is 9.24. The van der Waals surface area contributed by atoms with E-state index in [1.165, 1.54) is 0 Å². The van der Waals surface area contributed by atoms with Crippen LogP contribution in [0.2, 0.25) is 0 Å². The Morgan fingerprint density at radius 1 is 1.00 bits per heavy atom. The molecule has 13 heteroatoms. The minimum atomic E-state index is -1.43. The van der Waals surface area contributed by atoms with E-state index in [0.717, 1.165) is 0 Å². The summed E-state index contributed by atoms with van der Waals surface area (Å²) in [7, 11) is 0. The van der Waals surface area contributed by atoms with Gasteiger partial charge in [0, 0.05) is 6.42 Å². The van der Waals surface area contributed by atoms with Crippen molar-refractivity contribution in [3.63, 3.8) is 0 Å². The van der Waals surface area contributed by atoms with Crippen molar-refractivity contribution in [2.75, 3.05) is 6.54 Å². The molecule has 4 amide bonds. The molecule has 0 aromatic rings. The van der Waals surface area contributed by atoms with Crippen molar-refractivity contribution in [1.29, 1.82) is 0 Å². The van der Waals surface area contributed by atoms with Crippen molar-refractivity contribution in [3.05, 3.63) is 0 Å². The third-order valence-corrected chi connectivity index (χ3v) is 4.25. The highest BCUT2D eigenvalue weighted by molar-refractivity contribution is 5.94. The number of rotatable bonds is 14. The molecule has 0 aromatic heterocycles. The number of aliphatic carboxylic acids is 2. The van der Waals surface area contributed by atoms with Gasteiger partial charge in [0.05, 0.1) is 19.0 Å². The molecule has 0 aliphatic heterocycles. The van der Waals surface area contributed by atoms with Gasteiger partial charge in [-0.2, -0.15) is 0 Å². The third-order valence-electron chi connectivity index (χ3n) is 4.25. The van der Waals surface area contributed by atoms with Crippen LogP contribution in [0.15, 0.2) is 0 Å². The van der Waals surface area contributed by atoms with Crippen molar-refractivity contribution in [2.24, 2.45) is 17.4 Å². The first-order chi connectivity index (χ1) is 13.9. The Morgan fingerprint density at radius 2 is 1.60 bits per heavy atom. The highest BCUT2D eigenvalue weighted by Crippen LogP contribution is 2.08. The standard InChI is InChI=1S/C17H29N5O8/c1-3-8(2)14(22-15(27)9(18)6-11(19)23)16(28)20-7-12(24)21-10(17(29)30)4-5-13(25)26/h8-10,14H,3-7,18H2,1-2H3,(H2,19,23)(H,20,28)(H,21,24)(H,22,27)(H,25,26)(H,29,30). The Balaban J connectivity index is 4.89. The van der Waals surface area contributed by atoms with E-state index >= 15 is 0 Å². The summed E-state index contributed by atoms with van der Waals surface area (Å²) in [6.45, 7) is 2.86. The smallest absolute Gasteiger partial charge is 0.326 e. The molecule has 0 radical (unpaired) electrons. The SMILES string of the molecule is CCC(C)C(NC(=O)C(N)CC(N)=O)C(=O)NCC(=O)NC(CCC(=O)O)C(=O)O. The number of carboxylic acid groups (broad SMARTS) is 2. The lowest BCUT2D eigenvalue weighted by atomic mass is 9.97. The predicted molar refractivity (Wildman–Crippen MR) is 103 cm³/mol. The van der Waals surface area contributed by atoms with Crippen molar-refractivity contribution < 1.29 is 39.0 Å². The van der Waals surface area contributed by atoms with E-state index < -0.39 is 73.1 Å². The van der Waals surface area contributed by atoms with Gasteiger partial charge in [0.25, 0.3) is 0 Å². The predicted octanol–water partition coefficient (Wildman–Crippen LogP) is -2.73. The van der Waals surface area contributed by atoms with Crippen LogP contribution in [0.25, 0.3) is 0 Å². The van der Waals surface area contributed by atoms with E-state index in [2.05, 4.69) is 16.0 Å². The second-order valence-corrected chi connectivity index (χ2v) is 6.76. The molecule has 0 aliphatic rings. The van der Waals surface area contributed by atoms with E-state index in [-0.39, 0.29) is 12.3 Å². The summed E-state index contributed by atoms with van der Waals surface area (Å²) in [4.78, 5) is 69.0. The first kappa shape index (κ1) is 26.8.